The Morgan fingerprint density at radius 3 is 2.81 bits per heavy atom. The Balaban J connectivity index is 2.05. The fourth-order valence-corrected chi connectivity index (χ4v) is 5.21. The van der Waals surface area contributed by atoms with Crippen LogP contribution in [0, 0.1) is 0 Å². The molecule has 1 aromatic carbocycles. The molecule has 1 aliphatic heterocycles. The lowest BCUT2D eigenvalue weighted by molar-refractivity contribution is 0.104. The van der Waals surface area contributed by atoms with Crippen molar-refractivity contribution >= 4 is 51.9 Å². The third-order valence-electron chi connectivity index (χ3n) is 2.17. The van der Waals surface area contributed by atoms with E-state index >= 15 is 0 Å². The van der Waals surface area contributed by atoms with Crippen LogP contribution in [0.5, 0.6) is 0 Å². The van der Waals surface area contributed by atoms with Gasteiger partial charge in [-0.3, -0.25) is 4.79 Å². The minimum Gasteiger partial charge on any atom is -0.289 e. The number of thioether (sulfide) groups is 2. The third kappa shape index (κ3) is 3.28. The molecule has 0 spiro atoms. The summed E-state index contributed by atoms with van der Waals surface area (Å²) in [4.78, 5) is 11.9. The SMILES string of the molecule is O=C(/C=C1/SC[C@H](CI)S1)c1ccccc1. The summed E-state index contributed by atoms with van der Waals surface area (Å²) >= 11 is 6.02. The maximum absolute atomic E-state index is 11.9. The van der Waals surface area contributed by atoms with Gasteiger partial charge in [0, 0.05) is 31.3 Å². The van der Waals surface area contributed by atoms with Crippen molar-refractivity contribution in [2.24, 2.45) is 0 Å². The Morgan fingerprint density at radius 1 is 1.44 bits per heavy atom. The highest BCUT2D eigenvalue weighted by Gasteiger charge is 2.20. The first-order valence-electron chi connectivity index (χ1n) is 4.96. The molecule has 1 heterocycles. The molecule has 0 aliphatic carbocycles. The number of hydrogen-bond donors (Lipinski definition) is 0. The number of carbonyl (C=O) groups excluding carboxylic acids is 1. The Labute approximate surface area is 118 Å². The topological polar surface area (TPSA) is 17.1 Å². The molecule has 0 radical (unpaired) electrons. The second kappa shape index (κ2) is 6.12. The highest BCUT2D eigenvalue weighted by molar-refractivity contribution is 14.1. The van der Waals surface area contributed by atoms with Gasteiger partial charge in [0.2, 0.25) is 0 Å². The van der Waals surface area contributed by atoms with E-state index in [9.17, 15) is 4.79 Å². The molecule has 1 atom stereocenters. The van der Waals surface area contributed by atoms with Gasteiger partial charge in [-0.2, -0.15) is 0 Å². The summed E-state index contributed by atoms with van der Waals surface area (Å²) in [5.41, 5.74) is 0.772. The zero-order chi connectivity index (χ0) is 11.4. The lowest BCUT2D eigenvalue weighted by atomic mass is 10.1. The number of allylic oxidation sites excluding steroid dienone is 1. The molecule has 0 amide bonds. The van der Waals surface area contributed by atoms with Crippen LogP contribution in [-0.2, 0) is 0 Å². The molecule has 4 heteroatoms. The van der Waals surface area contributed by atoms with E-state index in [2.05, 4.69) is 22.6 Å². The molecular formula is C12H11IOS2. The molecule has 2 rings (SSSR count). The van der Waals surface area contributed by atoms with Gasteiger partial charge in [-0.15, -0.1) is 23.5 Å². The molecule has 0 saturated carbocycles. The molecule has 0 N–H and O–H groups in total. The summed E-state index contributed by atoms with van der Waals surface area (Å²) in [5, 5.41) is 0.667. The number of benzene rings is 1. The van der Waals surface area contributed by atoms with Gasteiger partial charge in [0.15, 0.2) is 5.78 Å². The molecule has 1 aromatic rings. The monoisotopic (exact) mass is 362 g/mol. The van der Waals surface area contributed by atoms with E-state index in [0.717, 1.165) is 20.0 Å². The van der Waals surface area contributed by atoms with Crippen molar-refractivity contribution in [2.45, 2.75) is 5.25 Å². The molecule has 1 fully saturated rings. The minimum absolute atomic E-state index is 0.115. The zero-order valence-electron chi connectivity index (χ0n) is 8.56. The fraction of sp³-hybridized carbons (Fsp3) is 0.250. The number of alkyl halides is 1. The summed E-state index contributed by atoms with van der Waals surface area (Å²) < 4.78 is 2.31. The van der Waals surface area contributed by atoms with Gasteiger partial charge in [0.05, 0.1) is 0 Å². The average molecular weight is 362 g/mol. The molecular weight excluding hydrogens is 351 g/mol. The van der Waals surface area contributed by atoms with Crippen molar-refractivity contribution < 1.29 is 4.79 Å². The first-order chi connectivity index (χ1) is 7.79. The predicted octanol–water partition coefficient (Wildman–Crippen LogP) is 3.99. The van der Waals surface area contributed by atoms with E-state index in [0.29, 0.717) is 5.25 Å². The number of rotatable bonds is 3. The molecule has 1 saturated heterocycles. The minimum atomic E-state index is 0.115. The smallest absolute Gasteiger partial charge is 0.187 e. The average Bonchev–Trinajstić information content (AvgIpc) is 2.78. The van der Waals surface area contributed by atoms with Gasteiger partial charge in [-0.05, 0) is 0 Å². The maximum Gasteiger partial charge on any atom is 0.187 e. The van der Waals surface area contributed by atoms with Crippen LogP contribution < -0.4 is 0 Å². The largest absolute Gasteiger partial charge is 0.289 e. The standard InChI is InChI=1S/C12H11IOS2/c13-7-10-8-15-12(16-10)6-11(14)9-4-2-1-3-5-9/h1-6,10H,7-8H2/b12-6-/t10-/m0/s1. The van der Waals surface area contributed by atoms with E-state index in [1.807, 2.05) is 42.1 Å². The van der Waals surface area contributed by atoms with Gasteiger partial charge in [0.1, 0.15) is 0 Å². The van der Waals surface area contributed by atoms with Gasteiger partial charge >= 0.3 is 0 Å². The Bertz CT molecular complexity index is 403. The summed E-state index contributed by atoms with van der Waals surface area (Å²) in [5.74, 6) is 1.24. The first-order valence-corrected chi connectivity index (χ1v) is 8.35. The van der Waals surface area contributed by atoms with E-state index in [1.165, 1.54) is 0 Å². The summed E-state index contributed by atoms with van der Waals surface area (Å²) in [6.07, 6.45) is 1.77. The lowest BCUT2D eigenvalue weighted by Gasteiger charge is -1.99. The fourth-order valence-electron chi connectivity index (χ4n) is 1.35. The van der Waals surface area contributed by atoms with Crippen molar-refractivity contribution in [2.75, 3.05) is 10.2 Å². The second-order valence-corrected chi connectivity index (χ2v) is 6.94. The Hall–Kier alpha value is 0.0600. The molecule has 1 nitrogen and oxygen atoms in total. The summed E-state index contributed by atoms with van der Waals surface area (Å²) in [6.45, 7) is 0. The van der Waals surface area contributed by atoms with Crippen LogP contribution in [0.2, 0.25) is 0 Å². The van der Waals surface area contributed by atoms with Gasteiger partial charge < -0.3 is 0 Å². The maximum atomic E-state index is 11.9. The van der Waals surface area contributed by atoms with E-state index in [-0.39, 0.29) is 5.78 Å². The Kier molecular flexibility index (Phi) is 4.79. The van der Waals surface area contributed by atoms with Crippen molar-refractivity contribution in [3.8, 4) is 0 Å². The van der Waals surface area contributed by atoms with Crippen LogP contribution in [0.4, 0.5) is 0 Å². The number of carbonyl (C=O) groups is 1. The van der Waals surface area contributed by atoms with Crippen LogP contribution in [0.1, 0.15) is 10.4 Å². The summed E-state index contributed by atoms with van der Waals surface area (Å²) in [6, 6.07) is 9.44. The number of ketones is 1. The number of halogens is 1. The van der Waals surface area contributed by atoms with Crippen molar-refractivity contribution in [3.63, 3.8) is 0 Å². The summed E-state index contributed by atoms with van der Waals surface area (Å²) in [7, 11) is 0. The van der Waals surface area contributed by atoms with Crippen LogP contribution in [0.25, 0.3) is 0 Å². The second-order valence-electron chi connectivity index (χ2n) is 3.40. The van der Waals surface area contributed by atoms with E-state index in [4.69, 9.17) is 0 Å². The molecule has 0 bridgehead atoms. The Morgan fingerprint density at radius 2 is 2.19 bits per heavy atom. The molecule has 84 valence electrons. The van der Waals surface area contributed by atoms with Crippen molar-refractivity contribution in [3.05, 3.63) is 46.2 Å². The quantitative estimate of drug-likeness (QED) is 0.350. The van der Waals surface area contributed by atoms with E-state index in [1.54, 1.807) is 17.8 Å². The van der Waals surface area contributed by atoms with Crippen LogP contribution in [0.15, 0.2) is 40.6 Å². The van der Waals surface area contributed by atoms with E-state index < -0.39 is 0 Å². The highest BCUT2D eigenvalue weighted by atomic mass is 127. The van der Waals surface area contributed by atoms with Crippen LogP contribution in [-0.4, -0.2) is 21.2 Å². The molecule has 0 unspecified atom stereocenters. The van der Waals surface area contributed by atoms with Gasteiger partial charge in [-0.1, -0.05) is 52.9 Å². The van der Waals surface area contributed by atoms with Crippen molar-refractivity contribution in [1.82, 2.24) is 0 Å². The predicted molar refractivity (Wildman–Crippen MR) is 81.6 cm³/mol. The van der Waals surface area contributed by atoms with Gasteiger partial charge in [0.25, 0.3) is 0 Å². The van der Waals surface area contributed by atoms with Gasteiger partial charge in [-0.25, -0.2) is 0 Å². The zero-order valence-corrected chi connectivity index (χ0v) is 12.3. The first kappa shape index (κ1) is 12.5. The van der Waals surface area contributed by atoms with Crippen molar-refractivity contribution in [1.29, 1.82) is 0 Å². The number of hydrogen-bond acceptors (Lipinski definition) is 3. The van der Waals surface area contributed by atoms with Crippen LogP contribution >= 0.6 is 46.1 Å². The molecule has 1 aliphatic rings. The molecule has 16 heavy (non-hydrogen) atoms. The normalized spacial score (nSPS) is 22.6. The van der Waals surface area contributed by atoms with Crippen LogP contribution in [0.3, 0.4) is 0 Å². The molecule has 0 aromatic heterocycles. The third-order valence-corrected chi connectivity index (χ3v) is 6.68. The highest BCUT2D eigenvalue weighted by Crippen LogP contribution is 2.42. The lowest BCUT2D eigenvalue weighted by Crippen LogP contribution is -2.00.